The molecule has 60 valence electrons. The molecule has 1 aromatic carbocycles. The number of carbonyl (C=O) groups excluding carboxylic acids is 1. The van der Waals surface area contributed by atoms with Gasteiger partial charge in [0.25, 0.3) is 0 Å². The Kier molecular flexibility index (Phi) is 2.90. The lowest BCUT2D eigenvalue weighted by Crippen LogP contribution is -1.78. The molecule has 1 aromatic rings. The van der Waals surface area contributed by atoms with Crippen LogP contribution < -0.4 is 0 Å². The van der Waals surface area contributed by atoms with E-state index in [4.69, 9.17) is 11.6 Å². The van der Waals surface area contributed by atoms with Crippen molar-refractivity contribution in [2.75, 3.05) is 0 Å². The van der Waals surface area contributed by atoms with Crippen LogP contribution in [0, 0.1) is 18.8 Å². The van der Waals surface area contributed by atoms with E-state index < -0.39 is 0 Å². The van der Waals surface area contributed by atoms with Crippen molar-refractivity contribution in [3.05, 3.63) is 34.3 Å². The van der Waals surface area contributed by atoms with Crippen molar-refractivity contribution >= 4 is 17.9 Å². The average Bonchev–Trinajstić information content (AvgIpc) is 2.07. The summed E-state index contributed by atoms with van der Waals surface area (Å²) in [6.07, 6.45) is 0.563. The third-order valence-corrected chi connectivity index (χ3v) is 1.85. The molecule has 1 nitrogen and oxygen atoms in total. The van der Waals surface area contributed by atoms with E-state index in [-0.39, 0.29) is 0 Å². The van der Waals surface area contributed by atoms with E-state index in [1.807, 2.05) is 19.1 Å². The van der Waals surface area contributed by atoms with E-state index in [1.165, 1.54) is 0 Å². The van der Waals surface area contributed by atoms with Gasteiger partial charge in [0.05, 0.1) is 0 Å². The number of aldehydes is 1. The van der Waals surface area contributed by atoms with Crippen molar-refractivity contribution in [1.29, 1.82) is 0 Å². The average molecular weight is 179 g/mol. The van der Waals surface area contributed by atoms with Crippen LogP contribution in [0.25, 0.3) is 0 Å². The molecule has 0 bridgehead atoms. The SMILES string of the molecule is Cc1ccc(C#CC=O)cc1Cl. The standard InChI is InChI=1S/C10H7ClO/c1-8-4-5-9(3-2-6-12)7-10(8)11/h4-7H,1H3. The molecular formula is C10H7ClO. The Hall–Kier alpha value is -1.26. The van der Waals surface area contributed by atoms with Crippen molar-refractivity contribution in [2.45, 2.75) is 6.92 Å². The Bertz CT molecular complexity index is 358. The molecule has 0 aliphatic rings. The zero-order valence-electron chi connectivity index (χ0n) is 6.60. The van der Waals surface area contributed by atoms with Gasteiger partial charge in [-0.05, 0) is 30.5 Å². The fourth-order valence-corrected chi connectivity index (χ4v) is 0.964. The summed E-state index contributed by atoms with van der Waals surface area (Å²) in [6, 6.07) is 5.45. The normalized spacial score (nSPS) is 8.50. The van der Waals surface area contributed by atoms with Gasteiger partial charge in [0, 0.05) is 10.6 Å². The van der Waals surface area contributed by atoms with E-state index in [1.54, 1.807) is 6.07 Å². The monoisotopic (exact) mass is 178 g/mol. The Morgan fingerprint density at radius 1 is 1.50 bits per heavy atom. The Morgan fingerprint density at radius 3 is 2.83 bits per heavy atom. The molecule has 0 heterocycles. The molecule has 0 N–H and O–H groups in total. The van der Waals surface area contributed by atoms with Crippen molar-refractivity contribution in [2.24, 2.45) is 0 Å². The molecular weight excluding hydrogens is 172 g/mol. The molecule has 0 amide bonds. The first-order valence-corrected chi connectivity index (χ1v) is 3.83. The first kappa shape index (κ1) is 8.83. The summed E-state index contributed by atoms with van der Waals surface area (Å²) >= 11 is 5.84. The maximum Gasteiger partial charge on any atom is 0.193 e. The molecule has 0 fully saturated rings. The van der Waals surface area contributed by atoms with Gasteiger partial charge in [0.1, 0.15) is 0 Å². The maximum absolute atomic E-state index is 9.92. The number of rotatable bonds is 0. The summed E-state index contributed by atoms with van der Waals surface area (Å²) < 4.78 is 0. The number of aryl methyl sites for hydroxylation is 1. The fraction of sp³-hybridized carbons (Fsp3) is 0.100. The Morgan fingerprint density at radius 2 is 2.25 bits per heavy atom. The van der Waals surface area contributed by atoms with Gasteiger partial charge in [-0.3, -0.25) is 4.79 Å². The van der Waals surface area contributed by atoms with Crippen LogP contribution in [0.5, 0.6) is 0 Å². The largest absolute Gasteiger partial charge is 0.289 e. The lowest BCUT2D eigenvalue weighted by molar-refractivity contribution is -0.103. The van der Waals surface area contributed by atoms with Crippen LogP contribution in [0.4, 0.5) is 0 Å². The second-order valence-electron chi connectivity index (χ2n) is 2.35. The third-order valence-electron chi connectivity index (χ3n) is 1.45. The summed E-state index contributed by atoms with van der Waals surface area (Å²) in [5.74, 6) is 4.98. The molecule has 0 aromatic heterocycles. The van der Waals surface area contributed by atoms with Crippen LogP contribution >= 0.6 is 11.6 Å². The highest BCUT2D eigenvalue weighted by Crippen LogP contribution is 2.15. The number of carbonyl (C=O) groups is 1. The predicted molar refractivity (Wildman–Crippen MR) is 49.1 cm³/mol. The van der Waals surface area contributed by atoms with Crippen LogP contribution in [0.15, 0.2) is 18.2 Å². The lowest BCUT2D eigenvalue weighted by Gasteiger charge is -1.96. The van der Waals surface area contributed by atoms with Gasteiger partial charge in [-0.25, -0.2) is 0 Å². The van der Waals surface area contributed by atoms with Crippen LogP contribution in [0.1, 0.15) is 11.1 Å². The van der Waals surface area contributed by atoms with Crippen LogP contribution in [-0.4, -0.2) is 6.29 Å². The highest BCUT2D eigenvalue weighted by molar-refractivity contribution is 6.31. The zero-order chi connectivity index (χ0) is 8.97. The molecule has 0 spiro atoms. The van der Waals surface area contributed by atoms with E-state index in [0.717, 1.165) is 11.1 Å². The topological polar surface area (TPSA) is 17.1 Å². The Balaban J connectivity index is 3.04. The number of hydrogen-bond acceptors (Lipinski definition) is 1. The molecule has 0 atom stereocenters. The summed E-state index contributed by atoms with van der Waals surface area (Å²) in [7, 11) is 0. The van der Waals surface area contributed by atoms with Crippen molar-refractivity contribution in [1.82, 2.24) is 0 Å². The van der Waals surface area contributed by atoms with E-state index in [9.17, 15) is 4.79 Å². The van der Waals surface area contributed by atoms with Crippen LogP contribution in [0.2, 0.25) is 5.02 Å². The summed E-state index contributed by atoms with van der Waals surface area (Å²) in [5, 5.41) is 0.674. The van der Waals surface area contributed by atoms with Crippen molar-refractivity contribution in [3.63, 3.8) is 0 Å². The molecule has 1 rings (SSSR count). The second-order valence-corrected chi connectivity index (χ2v) is 2.76. The zero-order valence-corrected chi connectivity index (χ0v) is 7.35. The lowest BCUT2D eigenvalue weighted by atomic mass is 10.1. The van der Waals surface area contributed by atoms with Crippen LogP contribution in [-0.2, 0) is 4.79 Å². The van der Waals surface area contributed by atoms with Crippen LogP contribution in [0.3, 0.4) is 0 Å². The van der Waals surface area contributed by atoms with E-state index >= 15 is 0 Å². The van der Waals surface area contributed by atoms with Gasteiger partial charge >= 0.3 is 0 Å². The minimum Gasteiger partial charge on any atom is -0.289 e. The van der Waals surface area contributed by atoms with E-state index in [0.29, 0.717) is 11.3 Å². The molecule has 0 unspecified atom stereocenters. The summed E-state index contributed by atoms with van der Waals surface area (Å²) in [6.45, 7) is 1.92. The van der Waals surface area contributed by atoms with Crippen molar-refractivity contribution in [3.8, 4) is 11.8 Å². The highest BCUT2D eigenvalue weighted by Gasteiger charge is 1.93. The molecule has 0 aliphatic heterocycles. The predicted octanol–water partition coefficient (Wildman–Crippen LogP) is 2.20. The second kappa shape index (κ2) is 3.94. The quantitative estimate of drug-likeness (QED) is 0.440. The molecule has 0 saturated carbocycles. The molecule has 12 heavy (non-hydrogen) atoms. The van der Waals surface area contributed by atoms with Gasteiger partial charge in [0.2, 0.25) is 0 Å². The number of hydrogen-bond donors (Lipinski definition) is 0. The van der Waals surface area contributed by atoms with Gasteiger partial charge in [0.15, 0.2) is 6.29 Å². The summed E-state index contributed by atoms with van der Waals surface area (Å²) in [4.78, 5) is 9.92. The first-order valence-electron chi connectivity index (χ1n) is 3.45. The fourth-order valence-electron chi connectivity index (χ4n) is 0.783. The van der Waals surface area contributed by atoms with E-state index in [2.05, 4.69) is 11.8 Å². The van der Waals surface area contributed by atoms with Gasteiger partial charge in [-0.15, -0.1) is 0 Å². The molecule has 0 saturated heterocycles. The minimum absolute atomic E-state index is 0.563. The molecule has 0 radical (unpaired) electrons. The Labute approximate surface area is 76.4 Å². The third kappa shape index (κ3) is 2.11. The molecule has 0 aliphatic carbocycles. The number of halogens is 1. The smallest absolute Gasteiger partial charge is 0.193 e. The summed E-state index contributed by atoms with van der Waals surface area (Å²) in [5.41, 5.74) is 1.77. The van der Waals surface area contributed by atoms with Gasteiger partial charge in [-0.1, -0.05) is 23.6 Å². The van der Waals surface area contributed by atoms with Gasteiger partial charge in [-0.2, -0.15) is 0 Å². The first-order chi connectivity index (χ1) is 5.74. The minimum atomic E-state index is 0.563. The maximum atomic E-state index is 9.92. The number of benzene rings is 1. The van der Waals surface area contributed by atoms with Crippen molar-refractivity contribution < 1.29 is 4.79 Å². The highest BCUT2D eigenvalue weighted by atomic mass is 35.5. The van der Waals surface area contributed by atoms with Gasteiger partial charge < -0.3 is 0 Å². The molecule has 2 heteroatoms.